The molecule has 1 aliphatic heterocycles. The van der Waals surface area contributed by atoms with Gasteiger partial charge in [-0.25, -0.2) is 4.79 Å². The molecule has 1 spiro atoms. The van der Waals surface area contributed by atoms with Gasteiger partial charge in [0.1, 0.15) is 4.88 Å². The standard InChI is InChI=1S/C29H40N2O4S/c1-19-8-10-21(11-9-19)27(33)31(22-12-14-29(15-13-22)17-25(32)30-18-29)23-16-24(20-6-4-3-5-7-20)36-26(23)28(34)35-2/h6,16,19,21-22H,3-5,7-15,17-18H2,1-2H3,(H,30,32)/t19-,21-,22-,29+. The van der Waals surface area contributed by atoms with Crippen molar-refractivity contribution in [3.8, 4) is 0 Å². The number of nitrogens with zero attached hydrogens (tertiary/aromatic N) is 1. The summed E-state index contributed by atoms with van der Waals surface area (Å²) in [5.74, 6) is 0.644. The number of hydrogen-bond acceptors (Lipinski definition) is 5. The van der Waals surface area contributed by atoms with E-state index in [0.29, 0.717) is 17.2 Å². The Morgan fingerprint density at radius 1 is 1.11 bits per heavy atom. The van der Waals surface area contributed by atoms with E-state index in [-0.39, 0.29) is 35.2 Å². The van der Waals surface area contributed by atoms with Gasteiger partial charge < -0.3 is 15.0 Å². The minimum Gasteiger partial charge on any atom is -0.465 e. The number of allylic oxidation sites excluding steroid dienone is 2. The van der Waals surface area contributed by atoms with Crippen LogP contribution in [0.15, 0.2) is 12.1 Å². The van der Waals surface area contributed by atoms with Crippen LogP contribution in [0, 0.1) is 17.3 Å². The van der Waals surface area contributed by atoms with Gasteiger partial charge in [-0.1, -0.05) is 13.0 Å². The van der Waals surface area contributed by atoms with E-state index in [2.05, 4.69) is 24.4 Å². The molecule has 0 radical (unpaired) electrons. The van der Waals surface area contributed by atoms with Crippen molar-refractivity contribution in [1.29, 1.82) is 0 Å². The largest absolute Gasteiger partial charge is 0.465 e. The highest BCUT2D eigenvalue weighted by atomic mass is 32.1. The minimum absolute atomic E-state index is 0.00885. The molecule has 1 aromatic rings. The van der Waals surface area contributed by atoms with Crippen molar-refractivity contribution in [1.82, 2.24) is 5.32 Å². The average Bonchev–Trinajstić information content (AvgIpc) is 3.50. The maximum atomic E-state index is 14.2. The summed E-state index contributed by atoms with van der Waals surface area (Å²) in [6.45, 7) is 3.02. The van der Waals surface area contributed by atoms with E-state index in [9.17, 15) is 14.4 Å². The molecule has 2 saturated carbocycles. The molecule has 7 heteroatoms. The lowest BCUT2D eigenvalue weighted by atomic mass is 9.71. The van der Waals surface area contributed by atoms with E-state index >= 15 is 0 Å². The zero-order valence-electron chi connectivity index (χ0n) is 21.8. The zero-order chi connectivity index (χ0) is 25.3. The lowest BCUT2D eigenvalue weighted by Crippen LogP contribution is -2.48. The van der Waals surface area contributed by atoms with Crippen molar-refractivity contribution in [2.45, 2.75) is 96.4 Å². The van der Waals surface area contributed by atoms with Crippen molar-refractivity contribution in [2.75, 3.05) is 18.6 Å². The van der Waals surface area contributed by atoms with E-state index < -0.39 is 0 Å². The molecular weight excluding hydrogens is 472 g/mol. The van der Waals surface area contributed by atoms with Gasteiger partial charge in [0.15, 0.2) is 0 Å². The molecule has 36 heavy (non-hydrogen) atoms. The van der Waals surface area contributed by atoms with E-state index in [0.717, 1.165) is 87.7 Å². The molecule has 0 bridgehead atoms. The van der Waals surface area contributed by atoms with Crippen LogP contribution in [0.5, 0.6) is 0 Å². The Morgan fingerprint density at radius 3 is 2.47 bits per heavy atom. The molecule has 3 fully saturated rings. The van der Waals surface area contributed by atoms with Crippen LogP contribution in [-0.2, 0) is 14.3 Å². The first-order valence-electron chi connectivity index (χ1n) is 13.9. The van der Waals surface area contributed by atoms with Gasteiger partial charge >= 0.3 is 5.97 Å². The maximum Gasteiger partial charge on any atom is 0.350 e. The van der Waals surface area contributed by atoms with Crippen LogP contribution in [0.25, 0.3) is 5.57 Å². The number of thiophene rings is 1. The summed E-state index contributed by atoms with van der Waals surface area (Å²) in [5, 5.41) is 3.02. The molecule has 5 rings (SSSR count). The summed E-state index contributed by atoms with van der Waals surface area (Å²) in [4.78, 5) is 42.8. The van der Waals surface area contributed by atoms with Crippen LogP contribution in [-0.4, -0.2) is 37.5 Å². The number of methoxy groups -OCH3 is 1. The number of carbonyl (C=O) groups excluding carboxylic acids is 3. The molecule has 2 amide bonds. The molecule has 1 N–H and O–H groups in total. The Balaban J connectivity index is 1.49. The zero-order valence-corrected chi connectivity index (χ0v) is 22.6. The van der Waals surface area contributed by atoms with E-state index in [4.69, 9.17) is 4.74 Å². The topological polar surface area (TPSA) is 75.7 Å². The Morgan fingerprint density at radius 2 is 1.86 bits per heavy atom. The second-order valence-corrected chi connectivity index (χ2v) is 12.7. The molecule has 6 nitrogen and oxygen atoms in total. The summed E-state index contributed by atoms with van der Waals surface area (Å²) < 4.78 is 5.21. The van der Waals surface area contributed by atoms with Gasteiger partial charge in [-0.15, -0.1) is 11.3 Å². The highest BCUT2D eigenvalue weighted by Crippen LogP contribution is 2.46. The van der Waals surface area contributed by atoms with Gasteiger partial charge in [-0.05, 0) is 100 Å². The molecule has 0 atom stereocenters. The smallest absolute Gasteiger partial charge is 0.350 e. The first-order chi connectivity index (χ1) is 17.4. The van der Waals surface area contributed by atoms with Crippen molar-refractivity contribution in [2.24, 2.45) is 17.3 Å². The first kappa shape index (κ1) is 25.5. The monoisotopic (exact) mass is 512 g/mol. The third-order valence-electron chi connectivity index (χ3n) is 9.13. The third kappa shape index (κ3) is 5.13. The second-order valence-electron chi connectivity index (χ2n) is 11.6. The molecule has 2 heterocycles. The van der Waals surface area contributed by atoms with Crippen LogP contribution >= 0.6 is 11.3 Å². The van der Waals surface area contributed by atoms with Crippen molar-refractivity contribution >= 4 is 40.4 Å². The van der Waals surface area contributed by atoms with Crippen molar-refractivity contribution < 1.29 is 19.1 Å². The predicted molar refractivity (Wildman–Crippen MR) is 143 cm³/mol. The quantitative estimate of drug-likeness (QED) is 0.484. The first-order valence-corrected chi connectivity index (χ1v) is 14.7. The fourth-order valence-electron chi connectivity index (χ4n) is 6.80. The van der Waals surface area contributed by atoms with Gasteiger partial charge in [-0.2, -0.15) is 0 Å². The normalized spacial score (nSPS) is 30.6. The SMILES string of the molecule is COC(=O)c1sc(C2=CCCCC2)cc1N(C(=O)[C@H]1CC[C@H](C)CC1)[C@H]1CC[C@]2(CC1)CNC(=O)C2. The lowest BCUT2D eigenvalue weighted by molar-refractivity contribution is -0.124. The maximum absolute atomic E-state index is 14.2. The number of amides is 2. The van der Waals surface area contributed by atoms with Gasteiger partial charge in [0.2, 0.25) is 11.8 Å². The van der Waals surface area contributed by atoms with Crippen LogP contribution in [0.1, 0.15) is 105 Å². The number of anilines is 1. The van der Waals surface area contributed by atoms with Crippen LogP contribution < -0.4 is 10.2 Å². The number of carbonyl (C=O) groups is 3. The van der Waals surface area contributed by atoms with Crippen LogP contribution in [0.4, 0.5) is 5.69 Å². The highest BCUT2D eigenvalue weighted by molar-refractivity contribution is 7.15. The van der Waals surface area contributed by atoms with Gasteiger partial charge in [0.25, 0.3) is 0 Å². The van der Waals surface area contributed by atoms with Gasteiger partial charge in [-0.3, -0.25) is 9.59 Å². The lowest BCUT2D eigenvalue weighted by Gasteiger charge is -2.42. The van der Waals surface area contributed by atoms with Crippen molar-refractivity contribution in [3.63, 3.8) is 0 Å². The van der Waals surface area contributed by atoms with E-state index in [1.165, 1.54) is 30.4 Å². The molecule has 1 saturated heterocycles. The number of nitrogens with one attached hydrogen (secondary N) is 1. The fraction of sp³-hybridized carbons (Fsp3) is 0.690. The van der Waals surface area contributed by atoms with Gasteiger partial charge in [0.05, 0.1) is 12.8 Å². The van der Waals surface area contributed by atoms with Crippen LogP contribution in [0.2, 0.25) is 0 Å². The predicted octanol–water partition coefficient (Wildman–Crippen LogP) is 6.10. The number of esters is 1. The van der Waals surface area contributed by atoms with E-state index in [1.54, 1.807) is 0 Å². The average molecular weight is 513 g/mol. The number of ether oxygens (including phenoxy) is 1. The number of hydrogen-bond donors (Lipinski definition) is 1. The summed E-state index contributed by atoms with van der Waals surface area (Å²) in [6, 6.07) is 2.15. The van der Waals surface area contributed by atoms with E-state index in [1.807, 2.05) is 4.90 Å². The van der Waals surface area contributed by atoms with Gasteiger partial charge in [0, 0.05) is 29.8 Å². The molecule has 4 aliphatic rings. The Hall–Kier alpha value is -2.15. The summed E-state index contributed by atoms with van der Waals surface area (Å²) >= 11 is 1.48. The molecule has 0 unspecified atom stereocenters. The second kappa shape index (κ2) is 10.7. The van der Waals surface area contributed by atoms with Crippen LogP contribution in [0.3, 0.4) is 0 Å². The summed E-state index contributed by atoms with van der Waals surface area (Å²) in [6.07, 6.45) is 14.9. The fourth-order valence-corrected chi connectivity index (χ4v) is 7.93. The Bertz CT molecular complexity index is 1030. The minimum atomic E-state index is -0.356. The molecule has 0 aromatic carbocycles. The van der Waals surface area contributed by atoms with Crippen molar-refractivity contribution in [3.05, 3.63) is 21.9 Å². The molecule has 1 aromatic heterocycles. The molecule has 3 aliphatic carbocycles. The Kier molecular flexibility index (Phi) is 7.57. The summed E-state index contributed by atoms with van der Waals surface area (Å²) in [5.41, 5.74) is 2.07. The highest BCUT2D eigenvalue weighted by Gasteiger charge is 2.45. The Labute approximate surface area is 218 Å². The summed E-state index contributed by atoms with van der Waals surface area (Å²) in [7, 11) is 1.43. The third-order valence-corrected chi connectivity index (χ3v) is 10.3. The molecule has 196 valence electrons. The number of rotatable bonds is 5. The molecular formula is C29H40N2O4S.